The zero-order valence-corrected chi connectivity index (χ0v) is 14.5. The SMILES string of the molecule is COc1ccc(NC(=O)C(Sc2ccc(F)cc2F)C(C)C)cc1. The van der Waals surface area contributed by atoms with Gasteiger partial charge in [0.1, 0.15) is 17.4 Å². The van der Waals surface area contributed by atoms with Crippen molar-refractivity contribution in [1.29, 1.82) is 0 Å². The van der Waals surface area contributed by atoms with E-state index in [1.807, 2.05) is 13.8 Å². The molecule has 1 N–H and O–H groups in total. The van der Waals surface area contributed by atoms with Gasteiger partial charge in [-0.2, -0.15) is 0 Å². The van der Waals surface area contributed by atoms with Crippen LogP contribution in [0.25, 0.3) is 0 Å². The first-order valence-electron chi connectivity index (χ1n) is 7.47. The number of halogens is 2. The summed E-state index contributed by atoms with van der Waals surface area (Å²) < 4.78 is 31.9. The maximum absolute atomic E-state index is 13.8. The van der Waals surface area contributed by atoms with Gasteiger partial charge in [0, 0.05) is 16.6 Å². The second kappa shape index (κ2) is 8.15. The molecule has 0 spiro atoms. The van der Waals surface area contributed by atoms with Crippen LogP contribution in [-0.2, 0) is 4.79 Å². The number of thioether (sulfide) groups is 1. The Balaban J connectivity index is 2.12. The predicted octanol–water partition coefficient (Wildman–Crippen LogP) is 4.73. The van der Waals surface area contributed by atoms with Gasteiger partial charge in [0.2, 0.25) is 5.91 Å². The Hall–Kier alpha value is -2.08. The van der Waals surface area contributed by atoms with Crippen molar-refractivity contribution in [3.05, 3.63) is 54.1 Å². The van der Waals surface area contributed by atoms with Gasteiger partial charge < -0.3 is 10.1 Å². The number of hydrogen-bond donors (Lipinski definition) is 1. The van der Waals surface area contributed by atoms with Gasteiger partial charge in [-0.25, -0.2) is 8.78 Å². The molecule has 0 aliphatic rings. The fraction of sp³-hybridized carbons (Fsp3) is 0.278. The van der Waals surface area contributed by atoms with Crippen LogP contribution in [0.3, 0.4) is 0 Å². The first kappa shape index (κ1) is 18.3. The van der Waals surface area contributed by atoms with E-state index >= 15 is 0 Å². The van der Waals surface area contributed by atoms with Gasteiger partial charge in [0.25, 0.3) is 0 Å². The van der Waals surface area contributed by atoms with Crippen molar-refractivity contribution in [3.8, 4) is 5.75 Å². The van der Waals surface area contributed by atoms with E-state index in [9.17, 15) is 13.6 Å². The monoisotopic (exact) mass is 351 g/mol. The molecule has 0 radical (unpaired) electrons. The Bertz CT molecular complexity index is 705. The first-order valence-corrected chi connectivity index (χ1v) is 8.35. The van der Waals surface area contributed by atoms with Gasteiger partial charge in [-0.05, 0) is 42.3 Å². The highest BCUT2D eigenvalue weighted by Crippen LogP contribution is 2.31. The minimum absolute atomic E-state index is 0.0299. The lowest BCUT2D eigenvalue weighted by Gasteiger charge is -2.20. The summed E-state index contributed by atoms with van der Waals surface area (Å²) in [6.07, 6.45) is 0. The largest absolute Gasteiger partial charge is 0.497 e. The fourth-order valence-electron chi connectivity index (χ4n) is 2.09. The fourth-order valence-corrected chi connectivity index (χ4v) is 3.12. The Morgan fingerprint density at radius 3 is 2.33 bits per heavy atom. The Labute approximate surface area is 144 Å². The van der Waals surface area contributed by atoms with Crippen molar-refractivity contribution < 1.29 is 18.3 Å². The highest BCUT2D eigenvalue weighted by molar-refractivity contribution is 8.00. The molecule has 0 fully saturated rings. The second-order valence-electron chi connectivity index (χ2n) is 5.57. The third-order valence-electron chi connectivity index (χ3n) is 3.37. The third kappa shape index (κ3) is 4.71. The average molecular weight is 351 g/mol. The lowest BCUT2D eigenvalue weighted by Crippen LogP contribution is -2.29. The Kier molecular flexibility index (Phi) is 6.20. The van der Waals surface area contributed by atoms with E-state index in [4.69, 9.17) is 4.74 Å². The quantitative estimate of drug-likeness (QED) is 0.765. The highest BCUT2D eigenvalue weighted by Gasteiger charge is 2.25. The molecule has 3 nitrogen and oxygen atoms in total. The lowest BCUT2D eigenvalue weighted by molar-refractivity contribution is -0.116. The zero-order chi connectivity index (χ0) is 17.7. The molecular weight excluding hydrogens is 332 g/mol. The number of carbonyl (C=O) groups excluding carboxylic acids is 1. The third-order valence-corrected chi connectivity index (χ3v) is 4.97. The number of amides is 1. The molecule has 0 aliphatic carbocycles. The lowest BCUT2D eigenvalue weighted by atomic mass is 10.1. The predicted molar refractivity (Wildman–Crippen MR) is 92.5 cm³/mol. The molecule has 0 heterocycles. The molecule has 6 heteroatoms. The number of hydrogen-bond acceptors (Lipinski definition) is 3. The summed E-state index contributed by atoms with van der Waals surface area (Å²) in [5.74, 6) is -0.874. The van der Waals surface area contributed by atoms with Crippen LogP contribution in [0.4, 0.5) is 14.5 Å². The molecule has 0 aliphatic heterocycles. The molecule has 0 saturated heterocycles. The van der Waals surface area contributed by atoms with Crippen LogP contribution in [0.5, 0.6) is 5.75 Å². The van der Waals surface area contributed by atoms with E-state index in [2.05, 4.69) is 5.32 Å². The second-order valence-corrected chi connectivity index (χ2v) is 6.76. The minimum Gasteiger partial charge on any atom is -0.497 e. The molecule has 2 aromatic carbocycles. The van der Waals surface area contributed by atoms with Crippen LogP contribution < -0.4 is 10.1 Å². The molecule has 1 unspecified atom stereocenters. The molecule has 0 bridgehead atoms. The molecule has 1 amide bonds. The van der Waals surface area contributed by atoms with Crippen molar-refractivity contribution >= 4 is 23.4 Å². The molecular formula is C18H19F2NO2S. The Morgan fingerprint density at radius 2 is 1.79 bits per heavy atom. The zero-order valence-electron chi connectivity index (χ0n) is 13.7. The maximum Gasteiger partial charge on any atom is 0.238 e. The molecule has 2 rings (SSSR count). The summed E-state index contributed by atoms with van der Waals surface area (Å²) in [5.41, 5.74) is 0.631. The smallest absolute Gasteiger partial charge is 0.238 e. The van der Waals surface area contributed by atoms with E-state index in [0.717, 1.165) is 17.8 Å². The van der Waals surface area contributed by atoms with Gasteiger partial charge in [0.15, 0.2) is 0 Å². The number of methoxy groups -OCH3 is 1. The first-order chi connectivity index (χ1) is 11.4. The van der Waals surface area contributed by atoms with Crippen LogP contribution in [0, 0.1) is 17.6 Å². The number of rotatable bonds is 6. The summed E-state index contributed by atoms with van der Waals surface area (Å²) in [6, 6.07) is 10.3. The van der Waals surface area contributed by atoms with Crippen LogP contribution in [0.15, 0.2) is 47.4 Å². The van der Waals surface area contributed by atoms with Crippen molar-refractivity contribution in [1.82, 2.24) is 0 Å². The number of nitrogens with one attached hydrogen (secondary N) is 1. The molecule has 128 valence electrons. The summed E-state index contributed by atoms with van der Waals surface area (Å²) in [5, 5.41) is 2.31. The molecule has 1 atom stereocenters. The molecule has 24 heavy (non-hydrogen) atoms. The van der Waals surface area contributed by atoms with Crippen LogP contribution in [0.2, 0.25) is 0 Å². The minimum atomic E-state index is -0.664. The van der Waals surface area contributed by atoms with Crippen molar-refractivity contribution in [3.63, 3.8) is 0 Å². The van der Waals surface area contributed by atoms with Gasteiger partial charge in [0.05, 0.1) is 12.4 Å². The van der Waals surface area contributed by atoms with Gasteiger partial charge in [-0.15, -0.1) is 11.8 Å². The number of benzene rings is 2. The van der Waals surface area contributed by atoms with E-state index in [-0.39, 0.29) is 16.7 Å². The summed E-state index contributed by atoms with van der Waals surface area (Å²) in [4.78, 5) is 12.8. The highest BCUT2D eigenvalue weighted by atomic mass is 32.2. The van der Waals surface area contributed by atoms with Crippen LogP contribution in [-0.4, -0.2) is 18.3 Å². The summed E-state index contributed by atoms with van der Waals surface area (Å²) in [7, 11) is 1.57. The number of anilines is 1. The van der Waals surface area contributed by atoms with E-state index in [1.54, 1.807) is 31.4 Å². The number of ether oxygens (including phenoxy) is 1. The van der Waals surface area contributed by atoms with E-state index in [0.29, 0.717) is 11.4 Å². The van der Waals surface area contributed by atoms with Crippen molar-refractivity contribution in [2.75, 3.05) is 12.4 Å². The van der Waals surface area contributed by atoms with Crippen LogP contribution >= 0.6 is 11.8 Å². The van der Waals surface area contributed by atoms with E-state index < -0.39 is 16.9 Å². The topological polar surface area (TPSA) is 38.3 Å². The average Bonchev–Trinajstić information content (AvgIpc) is 2.54. The van der Waals surface area contributed by atoms with Crippen molar-refractivity contribution in [2.24, 2.45) is 5.92 Å². The molecule has 0 saturated carbocycles. The number of carbonyl (C=O) groups is 1. The Morgan fingerprint density at radius 1 is 1.12 bits per heavy atom. The van der Waals surface area contributed by atoms with Crippen LogP contribution in [0.1, 0.15) is 13.8 Å². The molecule has 0 aromatic heterocycles. The maximum atomic E-state index is 13.8. The van der Waals surface area contributed by atoms with Gasteiger partial charge >= 0.3 is 0 Å². The van der Waals surface area contributed by atoms with Gasteiger partial charge in [-0.3, -0.25) is 4.79 Å². The normalized spacial score (nSPS) is 12.1. The summed E-state index contributed by atoms with van der Waals surface area (Å²) >= 11 is 1.09. The summed E-state index contributed by atoms with van der Waals surface area (Å²) in [6.45, 7) is 3.76. The standard InChI is InChI=1S/C18H19F2NO2S/c1-11(2)17(24-16-9-4-12(19)10-15(16)20)18(22)21-13-5-7-14(23-3)8-6-13/h4-11,17H,1-3H3,(H,21,22). The van der Waals surface area contributed by atoms with E-state index in [1.165, 1.54) is 12.1 Å². The van der Waals surface area contributed by atoms with Crippen molar-refractivity contribution in [2.45, 2.75) is 24.0 Å². The van der Waals surface area contributed by atoms with Gasteiger partial charge in [-0.1, -0.05) is 13.8 Å². The molecule has 2 aromatic rings.